The fraction of sp³-hybridized carbons (Fsp3) is 1.00. The second-order valence-electron chi connectivity index (χ2n) is 6.76. The van der Waals surface area contributed by atoms with Crippen molar-refractivity contribution in [2.24, 2.45) is 0 Å². The SMILES string of the molecule is OCCOC[C@H]1O[C@@H](O[C@H]2[C@H](O)[C@@H](O)[C@H](O)O[C@@H]2COCCO)[C@H](O)[C@@H](O)[C@@H]1O. The van der Waals surface area contributed by atoms with E-state index in [4.69, 9.17) is 33.9 Å². The van der Waals surface area contributed by atoms with E-state index >= 15 is 0 Å². The lowest BCUT2D eigenvalue weighted by molar-refractivity contribution is -0.356. The minimum Gasteiger partial charge on any atom is -0.394 e. The number of aliphatic hydroxyl groups excluding tert-OH is 8. The van der Waals surface area contributed by atoms with E-state index in [1.54, 1.807) is 0 Å². The van der Waals surface area contributed by atoms with Gasteiger partial charge in [0.2, 0.25) is 0 Å². The van der Waals surface area contributed by atoms with Crippen molar-refractivity contribution in [3.63, 3.8) is 0 Å². The minimum absolute atomic E-state index is 0.0414. The van der Waals surface area contributed by atoms with Crippen molar-refractivity contribution in [2.75, 3.05) is 39.6 Å². The third kappa shape index (κ3) is 6.24. The van der Waals surface area contributed by atoms with Crippen LogP contribution in [0.25, 0.3) is 0 Å². The van der Waals surface area contributed by atoms with Crippen LogP contribution in [0.4, 0.5) is 0 Å². The Bertz CT molecular complexity index is 468. The molecule has 0 aromatic carbocycles. The van der Waals surface area contributed by atoms with Gasteiger partial charge in [0, 0.05) is 0 Å². The van der Waals surface area contributed by atoms with Crippen LogP contribution in [0.1, 0.15) is 0 Å². The molecule has 8 N–H and O–H groups in total. The maximum absolute atomic E-state index is 10.3. The van der Waals surface area contributed by atoms with Crippen molar-refractivity contribution < 1.29 is 64.5 Å². The molecule has 0 amide bonds. The molecule has 0 bridgehead atoms. The molecule has 10 atom stereocenters. The standard InChI is InChI=1S/C16H30O13/c17-1-3-25-5-7-9(19)10(20)13(23)16(28-7)29-14-8(6-26-4-2-18)27-15(24)12(22)11(14)21/h7-24H,1-6H2/t7-,8-,9-,10+,11-,12-,13-,14-,15-,16+/m1/s1. The highest BCUT2D eigenvalue weighted by molar-refractivity contribution is 4.94. The molecule has 0 radical (unpaired) electrons. The van der Waals surface area contributed by atoms with Crippen LogP contribution in [0.15, 0.2) is 0 Å². The normalized spacial score (nSPS) is 43.4. The molecule has 0 aromatic heterocycles. The van der Waals surface area contributed by atoms with Crippen LogP contribution in [-0.4, -0.2) is 142 Å². The second-order valence-corrected chi connectivity index (χ2v) is 6.76. The molecule has 0 aromatic rings. The highest BCUT2D eigenvalue weighted by Gasteiger charge is 2.50. The summed E-state index contributed by atoms with van der Waals surface area (Å²) in [6.45, 7) is -1.10. The molecule has 0 spiro atoms. The molecule has 13 nitrogen and oxygen atoms in total. The number of rotatable bonds is 10. The fourth-order valence-electron chi connectivity index (χ4n) is 3.07. The maximum atomic E-state index is 10.3. The molecule has 2 aliphatic heterocycles. The monoisotopic (exact) mass is 430 g/mol. The van der Waals surface area contributed by atoms with Gasteiger partial charge >= 0.3 is 0 Å². The summed E-state index contributed by atoms with van der Waals surface area (Å²) in [5, 5.41) is 77.7. The third-order valence-corrected chi connectivity index (χ3v) is 4.65. The quantitative estimate of drug-likeness (QED) is 0.152. The van der Waals surface area contributed by atoms with Crippen LogP contribution in [0, 0.1) is 0 Å². The Morgan fingerprint density at radius 2 is 1.21 bits per heavy atom. The lowest BCUT2D eigenvalue weighted by atomic mass is 9.97. The first-order chi connectivity index (χ1) is 13.8. The predicted octanol–water partition coefficient (Wildman–Crippen LogP) is -5.36. The highest BCUT2D eigenvalue weighted by atomic mass is 16.7. The Kier molecular flexibility index (Phi) is 10.0. The van der Waals surface area contributed by atoms with Gasteiger partial charge in [0.15, 0.2) is 12.6 Å². The first kappa shape index (κ1) is 24.7. The molecule has 0 unspecified atom stereocenters. The average Bonchev–Trinajstić information content (AvgIpc) is 2.70. The topological polar surface area (TPSA) is 208 Å². The number of ether oxygens (including phenoxy) is 5. The minimum atomic E-state index is -1.73. The van der Waals surface area contributed by atoms with Crippen molar-refractivity contribution in [1.82, 2.24) is 0 Å². The van der Waals surface area contributed by atoms with Crippen LogP contribution < -0.4 is 0 Å². The maximum Gasteiger partial charge on any atom is 0.187 e. The van der Waals surface area contributed by atoms with Crippen molar-refractivity contribution >= 4 is 0 Å². The summed E-state index contributed by atoms with van der Waals surface area (Å²) < 4.78 is 26.4. The molecule has 172 valence electrons. The zero-order chi connectivity index (χ0) is 21.6. The van der Waals surface area contributed by atoms with Crippen molar-refractivity contribution in [3.05, 3.63) is 0 Å². The van der Waals surface area contributed by atoms with Crippen molar-refractivity contribution in [2.45, 2.75) is 61.4 Å². The van der Waals surface area contributed by atoms with Crippen LogP contribution in [0.5, 0.6) is 0 Å². The lowest BCUT2D eigenvalue weighted by Crippen LogP contribution is -2.64. The van der Waals surface area contributed by atoms with Gasteiger partial charge in [0.05, 0.1) is 39.6 Å². The summed E-state index contributed by atoms with van der Waals surface area (Å²) >= 11 is 0. The zero-order valence-electron chi connectivity index (χ0n) is 15.6. The number of hydrogen-bond donors (Lipinski definition) is 8. The molecular weight excluding hydrogens is 400 g/mol. The molecule has 13 heteroatoms. The van der Waals surface area contributed by atoms with Gasteiger partial charge < -0.3 is 64.5 Å². The van der Waals surface area contributed by atoms with Gasteiger partial charge in [-0.25, -0.2) is 0 Å². The molecule has 2 aliphatic rings. The van der Waals surface area contributed by atoms with E-state index in [9.17, 15) is 30.6 Å². The molecular formula is C16H30O13. The molecule has 0 saturated carbocycles. The summed E-state index contributed by atoms with van der Waals surface area (Å²) in [5.74, 6) is 0. The molecule has 2 saturated heterocycles. The Morgan fingerprint density at radius 1 is 0.621 bits per heavy atom. The van der Waals surface area contributed by atoms with Gasteiger partial charge in [0.1, 0.15) is 48.8 Å². The van der Waals surface area contributed by atoms with E-state index in [1.165, 1.54) is 0 Å². The van der Waals surface area contributed by atoms with Gasteiger partial charge in [-0.3, -0.25) is 0 Å². The Morgan fingerprint density at radius 3 is 1.79 bits per heavy atom. The molecule has 0 aliphatic carbocycles. The van der Waals surface area contributed by atoms with Crippen molar-refractivity contribution in [3.8, 4) is 0 Å². The van der Waals surface area contributed by atoms with Gasteiger partial charge in [-0.05, 0) is 0 Å². The lowest BCUT2D eigenvalue weighted by Gasteiger charge is -2.45. The summed E-state index contributed by atoms with van der Waals surface area (Å²) in [6.07, 6.45) is -15.1. The van der Waals surface area contributed by atoms with E-state index in [1.807, 2.05) is 0 Å². The highest BCUT2D eigenvalue weighted by Crippen LogP contribution is 2.29. The molecule has 2 heterocycles. The molecule has 29 heavy (non-hydrogen) atoms. The molecule has 2 fully saturated rings. The van der Waals surface area contributed by atoms with E-state index in [-0.39, 0.29) is 39.6 Å². The third-order valence-electron chi connectivity index (χ3n) is 4.65. The number of aliphatic hydroxyl groups is 8. The van der Waals surface area contributed by atoms with E-state index in [0.717, 1.165) is 0 Å². The van der Waals surface area contributed by atoms with Crippen LogP contribution in [-0.2, 0) is 23.7 Å². The smallest absolute Gasteiger partial charge is 0.187 e. The van der Waals surface area contributed by atoms with E-state index < -0.39 is 61.4 Å². The van der Waals surface area contributed by atoms with Crippen LogP contribution >= 0.6 is 0 Å². The van der Waals surface area contributed by atoms with Gasteiger partial charge in [-0.2, -0.15) is 0 Å². The largest absolute Gasteiger partial charge is 0.394 e. The summed E-state index contributed by atoms with van der Waals surface area (Å²) in [5.41, 5.74) is 0. The van der Waals surface area contributed by atoms with Gasteiger partial charge in [-0.15, -0.1) is 0 Å². The summed E-state index contributed by atoms with van der Waals surface area (Å²) in [6, 6.07) is 0. The first-order valence-corrected chi connectivity index (χ1v) is 9.23. The Balaban J connectivity index is 2.08. The van der Waals surface area contributed by atoms with E-state index in [0.29, 0.717) is 0 Å². The zero-order valence-corrected chi connectivity index (χ0v) is 15.6. The first-order valence-electron chi connectivity index (χ1n) is 9.23. The average molecular weight is 430 g/mol. The second kappa shape index (κ2) is 11.8. The fourth-order valence-corrected chi connectivity index (χ4v) is 3.07. The van der Waals surface area contributed by atoms with Crippen molar-refractivity contribution in [1.29, 1.82) is 0 Å². The van der Waals surface area contributed by atoms with Gasteiger partial charge in [0.25, 0.3) is 0 Å². The number of hydrogen-bond acceptors (Lipinski definition) is 13. The summed E-state index contributed by atoms with van der Waals surface area (Å²) in [4.78, 5) is 0. The van der Waals surface area contributed by atoms with Crippen LogP contribution in [0.3, 0.4) is 0 Å². The van der Waals surface area contributed by atoms with E-state index in [2.05, 4.69) is 0 Å². The molecule has 2 rings (SSSR count). The Hall–Kier alpha value is -0.520. The summed E-state index contributed by atoms with van der Waals surface area (Å²) in [7, 11) is 0. The predicted molar refractivity (Wildman–Crippen MR) is 90.3 cm³/mol. The Labute approximate surface area is 166 Å². The van der Waals surface area contributed by atoms with Gasteiger partial charge in [-0.1, -0.05) is 0 Å². The van der Waals surface area contributed by atoms with Crippen LogP contribution in [0.2, 0.25) is 0 Å².